The number of phenolic OH excluding ortho intramolecular Hbond substituents is 1. The molecule has 1 atom stereocenters. The van der Waals surface area contributed by atoms with Crippen LogP contribution in [0, 0.1) is 5.92 Å². The fourth-order valence-corrected chi connectivity index (χ4v) is 2.60. The summed E-state index contributed by atoms with van der Waals surface area (Å²) in [5.74, 6) is 1.40. The number of methoxy groups -OCH3 is 1. The zero-order valence-corrected chi connectivity index (χ0v) is 14.5. The number of aromatic hydroxyl groups is 1. The van der Waals surface area contributed by atoms with Gasteiger partial charge in [0.1, 0.15) is 5.82 Å². The Morgan fingerprint density at radius 1 is 1.24 bits per heavy atom. The van der Waals surface area contributed by atoms with Gasteiger partial charge in [-0.2, -0.15) is 0 Å². The lowest BCUT2D eigenvalue weighted by Gasteiger charge is -2.20. The summed E-state index contributed by atoms with van der Waals surface area (Å²) in [4.78, 5) is 4.37. The molecule has 0 radical (unpaired) electrons. The number of hydrogen-bond acceptors (Lipinski definition) is 6. The molecule has 0 saturated carbocycles. The van der Waals surface area contributed by atoms with Gasteiger partial charge >= 0.3 is 0 Å². The van der Waals surface area contributed by atoms with E-state index in [1.807, 2.05) is 26.0 Å². The van der Waals surface area contributed by atoms with E-state index in [0.29, 0.717) is 17.2 Å². The maximum atomic E-state index is 9.77. The standard InChI is InChI=1S/C18H22N4O3/c1-11(2)13(10-23)20-17-6-7-18-19-9-14(22(18)21-17)12-4-5-15(24)16(8-12)25-3/h4-9,11,13,23-24H,10H2,1-3H3,(H,20,21)/t13-/m1/s1. The second-order valence-electron chi connectivity index (χ2n) is 6.20. The number of aromatic nitrogens is 3. The molecule has 3 N–H and O–H groups in total. The van der Waals surface area contributed by atoms with E-state index in [9.17, 15) is 10.2 Å². The molecule has 0 amide bonds. The van der Waals surface area contributed by atoms with Gasteiger partial charge in [-0.3, -0.25) is 0 Å². The Balaban J connectivity index is 2.01. The van der Waals surface area contributed by atoms with E-state index in [4.69, 9.17) is 4.74 Å². The molecule has 0 spiro atoms. The van der Waals surface area contributed by atoms with Crippen molar-refractivity contribution >= 4 is 11.5 Å². The molecule has 0 aliphatic carbocycles. The molecule has 1 aromatic carbocycles. The molecular weight excluding hydrogens is 320 g/mol. The van der Waals surface area contributed by atoms with Crippen LogP contribution in [-0.2, 0) is 0 Å². The lowest BCUT2D eigenvalue weighted by atomic mass is 10.1. The fraction of sp³-hybridized carbons (Fsp3) is 0.333. The SMILES string of the molecule is COc1cc(-c2cnc3ccc(N[C@H](CO)C(C)C)nn23)ccc1O. The molecule has 0 unspecified atom stereocenters. The number of benzene rings is 1. The van der Waals surface area contributed by atoms with Crippen LogP contribution in [-0.4, -0.2) is 44.6 Å². The Morgan fingerprint density at radius 3 is 2.72 bits per heavy atom. The van der Waals surface area contributed by atoms with Crippen molar-refractivity contribution in [1.82, 2.24) is 14.6 Å². The minimum Gasteiger partial charge on any atom is -0.504 e. The number of anilines is 1. The average Bonchev–Trinajstić information content (AvgIpc) is 3.03. The molecule has 7 heteroatoms. The molecule has 0 aliphatic rings. The second kappa shape index (κ2) is 6.98. The van der Waals surface area contributed by atoms with E-state index in [1.165, 1.54) is 7.11 Å². The third kappa shape index (κ3) is 3.36. The Bertz CT molecular complexity index is 876. The number of imidazole rings is 1. The quantitative estimate of drug-likeness (QED) is 0.638. The van der Waals surface area contributed by atoms with Crippen LogP contribution in [0.3, 0.4) is 0 Å². The summed E-state index contributed by atoms with van der Waals surface area (Å²) in [6, 6.07) is 8.74. The van der Waals surface area contributed by atoms with Crippen molar-refractivity contribution in [3.05, 3.63) is 36.5 Å². The number of phenols is 1. The summed E-state index contributed by atoms with van der Waals surface area (Å²) >= 11 is 0. The Morgan fingerprint density at radius 2 is 2.04 bits per heavy atom. The summed E-state index contributed by atoms with van der Waals surface area (Å²) in [7, 11) is 1.51. The van der Waals surface area contributed by atoms with Crippen LogP contribution in [0.2, 0.25) is 0 Å². The molecule has 0 aliphatic heterocycles. The van der Waals surface area contributed by atoms with E-state index >= 15 is 0 Å². The van der Waals surface area contributed by atoms with Crippen LogP contribution in [0.15, 0.2) is 36.5 Å². The lowest BCUT2D eigenvalue weighted by molar-refractivity contribution is 0.249. The van der Waals surface area contributed by atoms with Crippen LogP contribution < -0.4 is 10.1 Å². The van der Waals surface area contributed by atoms with Crippen molar-refractivity contribution in [2.45, 2.75) is 19.9 Å². The zero-order valence-electron chi connectivity index (χ0n) is 14.5. The van der Waals surface area contributed by atoms with Gasteiger partial charge < -0.3 is 20.3 Å². The van der Waals surface area contributed by atoms with E-state index in [1.54, 1.807) is 28.9 Å². The number of rotatable bonds is 6. The van der Waals surface area contributed by atoms with Gasteiger partial charge in [-0.15, -0.1) is 5.10 Å². The van der Waals surface area contributed by atoms with Gasteiger partial charge in [-0.05, 0) is 36.2 Å². The summed E-state index contributed by atoms with van der Waals surface area (Å²) in [5.41, 5.74) is 2.31. The normalized spacial score (nSPS) is 12.5. The maximum absolute atomic E-state index is 9.77. The van der Waals surface area contributed by atoms with Crippen molar-refractivity contribution in [3.8, 4) is 22.8 Å². The second-order valence-corrected chi connectivity index (χ2v) is 6.20. The van der Waals surface area contributed by atoms with Crippen LogP contribution in [0.25, 0.3) is 16.9 Å². The Kier molecular flexibility index (Phi) is 4.76. The number of aliphatic hydroxyl groups excluding tert-OH is 1. The molecule has 2 aromatic heterocycles. The average molecular weight is 342 g/mol. The third-order valence-electron chi connectivity index (χ3n) is 4.17. The lowest BCUT2D eigenvalue weighted by Crippen LogP contribution is -2.30. The molecule has 132 valence electrons. The first-order valence-electron chi connectivity index (χ1n) is 8.13. The molecular formula is C18H22N4O3. The van der Waals surface area contributed by atoms with Gasteiger partial charge in [0.2, 0.25) is 0 Å². The van der Waals surface area contributed by atoms with Gasteiger partial charge in [-0.25, -0.2) is 9.50 Å². The number of aliphatic hydroxyl groups is 1. The van der Waals surface area contributed by atoms with E-state index in [0.717, 1.165) is 11.3 Å². The number of nitrogens with one attached hydrogen (secondary N) is 1. The molecule has 0 bridgehead atoms. The monoisotopic (exact) mass is 342 g/mol. The Labute approximate surface area is 145 Å². The van der Waals surface area contributed by atoms with Crippen molar-refractivity contribution in [2.75, 3.05) is 19.0 Å². The van der Waals surface area contributed by atoms with E-state index in [-0.39, 0.29) is 24.3 Å². The minimum absolute atomic E-state index is 0.0311. The molecule has 0 saturated heterocycles. The smallest absolute Gasteiger partial charge is 0.161 e. The fourth-order valence-electron chi connectivity index (χ4n) is 2.60. The molecule has 0 fully saturated rings. The predicted molar refractivity (Wildman–Crippen MR) is 96.0 cm³/mol. The molecule has 7 nitrogen and oxygen atoms in total. The van der Waals surface area contributed by atoms with Crippen LogP contribution in [0.1, 0.15) is 13.8 Å². The van der Waals surface area contributed by atoms with E-state index in [2.05, 4.69) is 15.4 Å². The number of nitrogens with zero attached hydrogens (tertiary/aromatic N) is 3. The van der Waals surface area contributed by atoms with Crippen molar-refractivity contribution in [2.24, 2.45) is 5.92 Å². The maximum Gasteiger partial charge on any atom is 0.161 e. The topological polar surface area (TPSA) is 91.9 Å². The van der Waals surface area contributed by atoms with Gasteiger partial charge in [-0.1, -0.05) is 13.8 Å². The predicted octanol–water partition coefficient (Wildman–Crippen LogP) is 2.54. The highest BCUT2D eigenvalue weighted by atomic mass is 16.5. The van der Waals surface area contributed by atoms with Crippen molar-refractivity contribution in [1.29, 1.82) is 0 Å². The number of fused-ring (bicyclic) bond motifs is 1. The first-order chi connectivity index (χ1) is 12.0. The molecule has 3 aromatic rings. The highest BCUT2D eigenvalue weighted by Gasteiger charge is 2.14. The van der Waals surface area contributed by atoms with Gasteiger partial charge in [0.15, 0.2) is 17.1 Å². The summed E-state index contributed by atoms with van der Waals surface area (Å²) in [6.07, 6.45) is 1.73. The van der Waals surface area contributed by atoms with E-state index < -0.39 is 0 Å². The molecule has 3 rings (SSSR count). The highest BCUT2D eigenvalue weighted by molar-refractivity contribution is 5.67. The first kappa shape index (κ1) is 17.0. The van der Waals surface area contributed by atoms with Crippen LogP contribution in [0.4, 0.5) is 5.82 Å². The van der Waals surface area contributed by atoms with Crippen molar-refractivity contribution in [3.63, 3.8) is 0 Å². The Hall–Kier alpha value is -2.80. The van der Waals surface area contributed by atoms with Crippen molar-refractivity contribution < 1.29 is 14.9 Å². The third-order valence-corrected chi connectivity index (χ3v) is 4.17. The minimum atomic E-state index is -0.0781. The molecule has 25 heavy (non-hydrogen) atoms. The first-order valence-corrected chi connectivity index (χ1v) is 8.13. The number of ether oxygens (including phenoxy) is 1. The van der Waals surface area contributed by atoms with Crippen LogP contribution in [0.5, 0.6) is 11.5 Å². The van der Waals surface area contributed by atoms with Gasteiger partial charge in [0.25, 0.3) is 0 Å². The van der Waals surface area contributed by atoms with Gasteiger partial charge in [0.05, 0.1) is 31.6 Å². The summed E-state index contributed by atoms with van der Waals surface area (Å²) in [6.45, 7) is 4.11. The molecule has 2 heterocycles. The highest BCUT2D eigenvalue weighted by Crippen LogP contribution is 2.31. The largest absolute Gasteiger partial charge is 0.504 e. The summed E-state index contributed by atoms with van der Waals surface area (Å²) in [5, 5.41) is 27.1. The van der Waals surface area contributed by atoms with Gasteiger partial charge in [0, 0.05) is 5.56 Å². The summed E-state index contributed by atoms with van der Waals surface area (Å²) < 4.78 is 6.90. The number of hydrogen-bond donors (Lipinski definition) is 3. The van der Waals surface area contributed by atoms with Crippen LogP contribution >= 0.6 is 0 Å². The zero-order chi connectivity index (χ0) is 18.0.